The first-order valence-electron chi connectivity index (χ1n) is 8.35. The van der Waals surface area contributed by atoms with Gasteiger partial charge in [-0.15, -0.1) is 0 Å². The topological polar surface area (TPSA) is 103 Å². The van der Waals surface area contributed by atoms with Crippen molar-refractivity contribution >= 4 is 26.6 Å². The van der Waals surface area contributed by atoms with Crippen molar-refractivity contribution < 1.29 is 44.6 Å². The highest BCUT2D eigenvalue weighted by Gasteiger charge is 2.24. The molecule has 0 atom stereocenters. The number of hydrogen-bond acceptors (Lipinski definition) is 6. The van der Waals surface area contributed by atoms with E-state index in [1.54, 1.807) is 0 Å². The second kappa shape index (κ2) is 8.83. The van der Waals surface area contributed by atoms with E-state index in [4.69, 9.17) is 4.74 Å². The van der Waals surface area contributed by atoms with E-state index in [9.17, 15) is 30.4 Å². The quantitative estimate of drug-likeness (QED) is 0.465. The maximum atomic E-state index is 14.1. The Morgan fingerprint density at radius 1 is 1.16 bits per heavy atom. The number of halogens is 5. The Labute approximate surface area is 172 Å². The minimum atomic E-state index is -4.34. The molecule has 0 bridgehead atoms. The number of rotatable bonds is 9. The third-order valence-corrected chi connectivity index (χ3v) is 5.23. The number of aromatic nitrogens is 2. The van der Waals surface area contributed by atoms with Crippen molar-refractivity contribution in [1.82, 2.24) is 9.97 Å². The lowest BCUT2D eigenvalue weighted by Crippen LogP contribution is -2.15. The van der Waals surface area contributed by atoms with Crippen LogP contribution in [0, 0.1) is 5.82 Å². The van der Waals surface area contributed by atoms with Crippen molar-refractivity contribution in [3.05, 3.63) is 36.3 Å². The maximum absolute atomic E-state index is 14.1. The molecule has 31 heavy (non-hydrogen) atoms. The third-order valence-electron chi connectivity index (χ3n) is 3.82. The molecule has 2 N–H and O–H groups in total. The molecule has 3 rings (SSSR count). The fraction of sp³-hybridized carbons (Fsp3) is 0.235. The number of nitrogens with zero attached hydrogens (tertiary/aromatic N) is 1. The predicted molar refractivity (Wildman–Crippen MR) is 98.0 cm³/mol. The van der Waals surface area contributed by atoms with E-state index in [0.717, 1.165) is 19.4 Å². The summed E-state index contributed by atoms with van der Waals surface area (Å²) in [5.41, 5.74) is -0.234. The van der Waals surface area contributed by atoms with Crippen LogP contribution in [0.3, 0.4) is 0 Å². The number of fused-ring (bicyclic) bond motifs is 1. The normalized spacial score (nSPS) is 11.9. The van der Waals surface area contributed by atoms with Crippen molar-refractivity contribution in [2.45, 2.75) is 17.9 Å². The Balaban J connectivity index is 1.92. The van der Waals surface area contributed by atoms with Crippen LogP contribution in [0.2, 0.25) is 0 Å². The molecule has 0 radical (unpaired) electrons. The van der Waals surface area contributed by atoms with Gasteiger partial charge in [0.25, 0.3) is 22.3 Å². The predicted octanol–water partition coefficient (Wildman–Crippen LogP) is 3.76. The van der Waals surface area contributed by atoms with Crippen LogP contribution in [-0.4, -0.2) is 45.1 Å². The largest absolute Gasteiger partial charge is 0.479 e. The summed E-state index contributed by atoms with van der Waals surface area (Å²) in [6.45, 7) is -4.18. The minimum Gasteiger partial charge on any atom is -0.479 e. The van der Waals surface area contributed by atoms with E-state index >= 15 is 0 Å². The van der Waals surface area contributed by atoms with Gasteiger partial charge in [-0.3, -0.25) is 4.72 Å². The molecule has 0 aliphatic rings. The van der Waals surface area contributed by atoms with E-state index in [0.29, 0.717) is 6.07 Å². The van der Waals surface area contributed by atoms with Crippen molar-refractivity contribution in [3.8, 4) is 17.5 Å². The van der Waals surface area contributed by atoms with Crippen LogP contribution in [0.4, 0.5) is 27.6 Å². The van der Waals surface area contributed by atoms with Gasteiger partial charge >= 0.3 is 6.61 Å². The van der Waals surface area contributed by atoms with Gasteiger partial charge in [0.1, 0.15) is 16.3 Å². The van der Waals surface area contributed by atoms with Crippen LogP contribution in [0.5, 0.6) is 17.5 Å². The van der Waals surface area contributed by atoms with E-state index < -0.39 is 52.9 Å². The molecule has 168 valence electrons. The van der Waals surface area contributed by atoms with E-state index in [-0.39, 0.29) is 21.5 Å². The summed E-state index contributed by atoms with van der Waals surface area (Å²) in [5, 5.41) is 0.137. The van der Waals surface area contributed by atoms with E-state index in [1.165, 1.54) is 12.1 Å². The van der Waals surface area contributed by atoms with Gasteiger partial charge in [0.05, 0.1) is 12.6 Å². The first-order valence-corrected chi connectivity index (χ1v) is 9.83. The molecule has 2 aromatic heterocycles. The molecule has 0 amide bonds. The van der Waals surface area contributed by atoms with Gasteiger partial charge in [-0.05, 0) is 12.1 Å². The van der Waals surface area contributed by atoms with Gasteiger partial charge < -0.3 is 19.2 Å². The number of benzene rings is 1. The van der Waals surface area contributed by atoms with Gasteiger partial charge in [-0.25, -0.2) is 21.6 Å². The van der Waals surface area contributed by atoms with Crippen molar-refractivity contribution in [2.75, 3.05) is 18.4 Å². The Morgan fingerprint density at radius 3 is 2.55 bits per heavy atom. The molecule has 3 aromatic rings. The van der Waals surface area contributed by atoms with Crippen LogP contribution < -0.4 is 18.9 Å². The molecule has 2 heterocycles. The summed E-state index contributed by atoms with van der Waals surface area (Å²) in [6, 6.07) is 4.23. The molecular formula is C17H14F5N3O5S. The Bertz CT molecular complexity index is 1190. The number of aromatic amines is 1. The van der Waals surface area contributed by atoms with Crippen LogP contribution in [-0.2, 0) is 10.0 Å². The summed E-state index contributed by atoms with van der Waals surface area (Å²) in [7, 11) is -3.24. The molecule has 14 heteroatoms. The van der Waals surface area contributed by atoms with Gasteiger partial charge in [-0.2, -0.15) is 13.8 Å². The van der Waals surface area contributed by atoms with Gasteiger partial charge in [0.15, 0.2) is 12.4 Å². The van der Waals surface area contributed by atoms with Gasteiger partial charge in [0.2, 0.25) is 5.88 Å². The zero-order chi connectivity index (χ0) is 22.8. The lowest BCUT2D eigenvalue weighted by Gasteiger charge is -2.13. The first kappa shape index (κ1) is 22.4. The first-order chi connectivity index (χ1) is 14.6. The molecule has 0 aliphatic heterocycles. The number of H-pyrrole nitrogens is 1. The van der Waals surface area contributed by atoms with Gasteiger partial charge in [0, 0.05) is 23.7 Å². The number of sulfonamides is 1. The molecule has 0 unspecified atom stereocenters. The highest BCUT2D eigenvalue weighted by atomic mass is 32.2. The number of nitrogens with one attached hydrogen (secondary N) is 2. The third kappa shape index (κ3) is 5.07. The second-order valence-corrected chi connectivity index (χ2v) is 7.53. The number of hydrogen-bond donors (Lipinski definition) is 2. The van der Waals surface area contributed by atoms with Crippen molar-refractivity contribution in [1.29, 1.82) is 0 Å². The number of pyridine rings is 1. The molecular weight excluding hydrogens is 453 g/mol. The smallest absolute Gasteiger partial charge is 0.387 e. The van der Waals surface area contributed by atoms with Gasteiger partial charge in [-0.1, -0.05) is 0 Å². The van der Waals surface area contributed by atoms with Crippen LogP contribution in [0.25, 0.3) is 10.9 Å². The molecule has 0 saturated heterocycles. The lowest BCUT2D eigenvalue weighted by atomic mass is 10.2. The fourth-order valence-corrected chi connectivity index (χ4v) is 3.83. The molecule has 0 fully saturated rings. The molecule has 0 saturated carbocycles. The fourth-order valence-electron chi connectivity index (χ4n) is 2.60. The Kier molecular flexibility index (Phi) is 6.38. The molecule has 8 nitrogen and oxygen atoms in total. The Morgan fingerprint density at radius 2 is 1.90 bits per heavy atom. The highest BCUT2D eigenvalue weighted by molar-refractivity contribution is 7.93. The van der Waals surface area contributed by atoms with Crippen LogP contribution >= 0.6 is 0 Å². The second-order valence-electron chi connectivity index (χ2n) is 5.88. The summed E-state index contributed by atoms with van der Waals surface area (Å²) in [5.74, 6) is -2.61. The van der Waals surface area contributed by atoms with E-state index in [1.807, 2.05) is 0 Å². The zero-order valence-electron chi connectivity index (χ0n) is 15.5. The average molecular weight is 467 g/mol. The van der Waals surface area contributed by atoms with Crippen LogP contribution in [0.15, 0.2) is 35.4 Å². The van der Waals surface area contributed by atoms with E-state index in [2.05, 4.69) is 24.2 Å². The monoisotopic (exact) mass is 467 g/mol. The zero-order valence-corrected chi connectivity index (χ0v) is 16.4. The highest BCUT2D eigenvalue weighted by Crippen LogP contribution is 2.32. The molecule has 1 aromatic carbocycles. The maximum Gasteiger partial charge on any atom is 0.387 e. The number of ether oxygens (including phenoxy) is 3. The lowest BCUT2D eigenvalue weighted by molar-refractivity contribution is -0.0497. The minimum absolute atomic E-state index is 0.137. The molecule has 0 spiro atoms. The van der Waals surface area contributed by atoms with Crippen LogP contribution in [0.1, 0.15) is 0 Å². The number of anilines is 1. The van der Waals surface area contributed by atoms with Crippen molar-refractivity contribution in [2.24, 2.45) is 0 Å². The summed E-state index contributed by atoms with van der Waals surface area (Å²) >= 11 is 0. The average Bonchev–Trinajstić information content (AvgIpc) is 3.10. The summed E-state index contributed by atoms with van der Waals surface area (Å²) in [6.07, 6.45) is -1.78. The standard InChI is InChI=1S/C17H14F5N3O5S/c1-28-16-12(5-10(18)15(24-16)29-7-14(19)20)25-31(26,27)13-6-23-11-4-8(30-17(21)22)2-3-9(11)13/h2-6,14,17,23,25H,7H2,1H3. The number of methoxy groups -OCH3 is 1. The molecule has 0 aliphatic carbocycles. The summed E-state index contributed by atoms with van der Waals surface area (Å²) in [4.78, 5) is 5.88. The SMILES string of the molecule is COc1nc(OCC(F)F)c(F)cc1NS(=O)(=O)c1c[nH]c2cc(OC(F)F)ccc12. The summed E-state index contributed by atoms with van der Waals surface area (Å²) < 4.78 is 105. The number of alkyl halides is 4. The van der Waals surface area contributed by atoms with Crippen molar-refractivity contribution in [3.63, 3.8) is 0 Å². The Hall–Kier alpha value is -3.29.